The van der Waals surface area contributed by atoms with Crippen LogP contribution in [-0.4, -0.2) is 14.1 Å². The molecule has 0 spiro atoms. The SMILES string of the molecule is CN(C)c1ccc([11CH3])cc1. The number of rotatable bonds is 1. The Kier molecular flexibility index (Phi) is 1.95. The average Bonchev–Trinajstić information content (AvgIpc) is 1.88. The zero-order chi connectivity index (χ0) is 7.56. The van der Waals surface area contributed by atoms with Gasteiger partial charge in [-0.05, 0) is 19.1 Å². The van der Waals surface area contributed by atoms with Crippen LogP contribution in [0.5, 0.6) is 0 Å². The zero-order valence-electron chi connectivity index (χ0n) is 6.76. The summed E-state index contributed by atoms with van der Waals surface area (Å²) in [6.07, 6.45) is 0. The second-order valence-electron chi connectivity index (χ2n) is 2.73. The predicted molar refractivity (Wildman–Crippen MR) is 45.5 cm³/mol. The van der Waals surface area contributed by atoms with Gasteiger partial charge in [0.2, 0.25) is 0 Å². The van der Waals surface area contributed by atoms with E-state index in [1.54, 1.807) is 0 Å². The molecule has 0 aliphatic heterocycles. The van der Waals surface area contributed by atoms with Crippen LogP contribution in [-0.2, 0) is 0 Å². The lowest BCUT2D eigenvalue weighted by Crippen LogP contribution is -2.07. The van der Waals surface area contributed by atoms with Gasteiger partial charge in [-0.3, -0.25) is 0 Å². The third kappa shape index (κ3) is 1.50. The van der Waals surface area contributed by atoms with Crippen LogP contribution in [0.25, 0.3) is 0 Å². The molecule has 10 heavy (non-hydrogen) atoms. The molecule has 0 fully saturated rings. The Hall–Kier alpha value is -0.980. The van der Waals surface area contributed by atoms with Crippen LogP contribution in [0.4, 0.5) is 5.69 Å². The van der Waals surface area contributed by atoms with Crippen molar-refractivity contribution in [2.24, 2.45) is 0 Å². The number of hydrogen-bond acceptors (Lipinski definition) is 1. The highest BCUT2D eigenvalue weighted by molar-refractivity contribution is 5.45. The van der Waals surface area contributed by atoms with Gasteiger partial charge in [0.1, 0.15) is 0 Å². The Bertz CT molecular complexity index is 198. The molecule has 0 heterocycles. The molecule has 0 amide bonds. The molecule has 54 valence electrons. The van der Waals surface area contributed by atoms with E-state index in [0.717, 1.165) is 0 Å². The van der Waals surface area contributed by atoms with Crippen molar-refractivity contribution in [2.45, 2.75) is 6.92 Å². The molecule has 1 rings (SSSR count). The Morgan fingerprint density at radius 3 is 1.90 bits per heavy atom. The monoisotopic (exact) mass is 134 g/mol. The predicted octanol–water partition coefficient (Wildman–Crippen LogP) is 2.06. The summed E-state index contributed by atoms with van der Waals surface area (Å²) in [6, 6.07) is 8.48. The molecule has 0 aromatic heterocycles. The van der Waals surface area contributed by atoms with Gasteiger partial charge in [0.15, 0.2) is 0 Å². The van der Waals surface area contributed by atoms with Gasteiger partial charge in [-0.2, -0.15) is 0 Å². The van der Waals surface area contributed by atoms with Crippen molar-refractivity contribution in [3.8, 4) is 0 Å². The molecule has 0 saturated heterocycles. The van der Waals surface area contributed by atoms with Crippen LogP contribution in [0.15, 0.2) is 24.3 Å². The largest absolute Gasteiger partial charge is 0.378 e. The normalized spacial score (nSPS) is 9.50. The molecule has 0 bridgehead atoms. The molecule has 0 N–H and O–H groups in total. The lowest BCUT2D eigenvalue weighted by molar-refractivity contribution is 1.13. The minimum Gasteiger partial charge on any atom is -0.378 e. The summed E-state index contributed by atoms with van der Waals surface area (Å²) in [7, 11) is 4.09. The van der Waals surface area contributed by atoms with Crippen LogP contribution >= 0.6 is 0 Å². The molecule has 1 nitrogen and oxygen atoms in total. The van der Waals surface area contributed by atoms with E-state index in [4.69, 9.17) is 0 Å². The Morgan fingerprint density at radius 1 is 1.00 bits per heavy atom. The van der Waals surface area contributed by atoms with E-state index in [2.05, 4.69) is 36.1 Å². The first-order valence-electron chi connectivity index (χ1n) is 3.44. The van der Waals surface area contributed by atoms with Crippen molar-refractivity contribution in [3.05, 3.63) is 29.8 Å². The summed E-state index contributed by atoms with van der Waals surface area (Å²) in [5.74, 6) is 0. The van der Waals surface area contributed by atoms with Crippen molar-refractivity contribution in [3.63, 3.8) is 0 Å². The fourth-order valence-electron chi connectivity index (χ4n) is 0.843. The van der Waals surface area contributed by atoms with E-state index in [1.165, 1.54) is 11.3 Å². The quantitative estimate of drug-likeness (QED) is 0.568. The van der Waals surface area contributed by atoms with Crippen LogP contribution in [0, 0.1) is 6.92 Å². The summed E-state index contributed by atoms with van der Waals surface area (Å²) in [6.45, 7) is 2.10. The number of anilines is 1. The first-order valence-corrected chi connectivity index (χ1v) is 3.44. The molecule has 1 heteroatoms. The fraction of sp³-hybridized carbons (Fsp3) is 0.333. The minimum atomic E-state index is 1.26. The maximum absolute atomic E-state index is 2.12. The highest BCUT2D eigenvalue weighted by Crippen LogP contribution is 2.10. The van der Waals surface area contributed by atoms with E-state index in [9.17, 15) is 0 Å². The van der Waals surface area contributed by atoms with Crippen molar-refractivity contribution in [1.82, 2.24) is 0 Å². The summed E-state index contributed by atoms with van der Waals surface area (Å²) in [5, 5.41) is 0. The second kappa shape index (κ2) is 2.74. The van der Waals surface area contributed by atoms with Crippen LogP contribution in [0.2, 0.25) is 0 Å². The van der Waals surface area contributed by atoms with Crippen LogP contribution < -0.4 is 4.90 Å². The van der Waals surface area contributed by atoms with Gasteiger partial charge in [-0.25, -0.2) is 0 Å². The van der Waals surface area contributed by atoms with Gasteiger partial charge in [0.25, 0.3) is 0 Å². The standard InChI is InChI=1S/C9H13N/c1-8-4-6-9(7-5-8)10(2)3/h4-7H,1-3H3/i1-1. The molecule has 0 aliphatic rings. The van der Waals surface area contributed by atoms with Crippen molar-refractivity contribution in [1.29, 1.82) is 0 Å². The van der Waals surface area contributed by atoms with Crippen LogP contribution in [0.1, 0.15) is 5.56 Å². The smallest absolute Gasteiger partial charge is 0.0361 e. The number of aryl methyl sites for hydroxylation is 1. The maximum Gasteiger partial charge on any atom is 0.0361 e. The van der Waals surface area contributed by atoms with Gasteiger partial charge in [0, 0.05) is 19.8 Å². The average molecular weight is 134 g/mol. The molecule has 0 atom stereocenters. The molecule has 0 unspecified atom stereocenters. The number of benzene rings is 1. The highest BCUT2D eigenvalue weighted by atomic mass is 15.1. The molecule has 1 aromatic rings. The van der Waals surface area contributed by atoms with Crippen molar-refractivity contribution < 1.29 is 0 Å². The summed E-state index contributed by atoms with van der Waals surface area (Å²) < 4.78 is 0. The molecule has 0 radical (unpaired) electrons. The third-order valence-corrected chi connectivity index (χ3v) is 1.55. The lowest BCUT2D eigenvalue weighted by atomic mass is 10.0. The Morgan fingerprint density at radius 2 is 1.50 bits per heavy atom. The topological polar surface area (TPSA) is 3.24 Å². The van der Waals surface area contributed by atoms with E-state index in [1.807, 2.05) is 14.1 Å². The maximum atomic E-state index is 2.12. The van der Waals surface area contributed by atoms with E-state index in [0.29, 0.717) is 0 Å². The van der Waals surface area contributed by atoms with Gasteiger partial charge in [0.05, 0.1) is 0 Å². The van der Waals surface area contributed by atoms with E-state index >= 15 is 0 Å². The first-order chi connectivity index (χ1) is 4.70. The Labute approximate surface area is 62.3 Å². The molecule has 0 aliphatic carbocycles. The highest BCUT2D eigenvalue weighted by Gasteiger charge is 1.90. The third-order valence-electron chi connectivity index (χ3n) is 1.55. The lowest BCUT2D eigenvalue weighted by Gasteiger charge is -2.11. The fourth-order valence-corrected chi connectivity index (χ4v) is 0.843. The van der Waals surface area contributed by atoms with Gasteiger partial charge < -0.3 is 4.90 Å². The minimum absolute atomic E-state index is 1.26. The molecular weight excluding hydrogens is 121 g/mol. The number of hydrogen-bond donors (Lipinski definition) is 0. The number of nitrogens with zero attached hydrogens (tertiary/aromatic N) is 1. The van der Waals surface area contributed by atoms with Crippen LogP contribution in [0.3, 0.4) is 0 Å². The van der Waals surface area contributed by atoms with Crippen molar-refractivity contribution >= 4 is 5.69 Å². The summed E-state index contributed by atoms with van der Waals surface area (Å²) in [5.41, 5.74) is 2.57. The summed E-state index contributed by atoms with van der Waals surface area (Å²) in [4.78, 5) is 2.10. The zero-order valence-corrected chi connectivity index (χ0v) is 6.76. The second-order valence-corrected chi connectivity index (χ2v) is 2.73. The first kappa shape index (κ1) is 7.13. The van der Waals surface area contributed by atoms with Gasteiger partial charge >= 0.3 is 0 Å². The van der Waals surface area contributed by atoms with Gasteiger partial charge in [-0.1, -0.05) is 17.7 Å². The molecular formula is C9H13N. The molecule has 0 saturated carbocycles. The van der Waals surface area contributed by atoms with E-state index < -0.39 is 0 Å². The summed E-state index contributed by atoms with van der Waals surface area (Å²) >= 11 is 0. The molecule has 1 aromatic carbocycles. The van der Waals surface area contributed by atoms with E-state index in [-0.39, 0.29) is 0 Å². The Balaban J connectivity index is 2.89. The van der Waals surface area contributed by atoms with Gasteiger partial charge in [-0.15, -0.1) is 0 Å². The van der Waals surface area contributed by atoms with Crippen molar-refractivity contribution in [2.75, 3.05) is 19.0 Å².